The molecule has 3 heterocycles. The van der Waals surface area contributed by atoms with Gasteiger partial charge >= 0.3 is 5.97 Å². The fourth-order valence-electron chi connectivity index (χ4n) is 2.70. The molecule has 0 bridgehead atoms. The van der Waals surface area contributed by atoms with Crippen molar-refractivity contribution in [2.75, 3.05) is 17.7 Å². The maximum absolute atomic E-state index is 12.5. The zero-order chi connectivity index (χ0) is 21.5. The number of thioether (sulfide) groups is 1. The summed E-state index contributed by atoms with van der Waals surface area (Å²) in [6.07, 6.45) is 2.47. The molecule has 30 heavy (non-hydrogen) atoms. The van der Waals surface area contributed by atoms with Crippen molar-refractivity contribution in [3.63, 3.8) is 0 Å². The molecule has 0 aromatic carbocycles. The van der Waals surface area contributed by atoms with Crippen LogP contribution in [0.15, 0.2) is 41.4 Å². The maximum atomic E-state index is 12.5. The van der Waals surface area contributed by atoms with Crippen molar-refractivity contribution in [2.45, 2.75) is 32.0 Å². The van der Waals surface area contributed by atoms with Gasteiger partial charge in [0.05, 0.1) is 17.9 Å². The van der Waals surface area contributed by atoms with Gasteiger partial charge in [0.15, 0.2) is 5.16 Å². The lowest BCUT2D eigenvalue weighted by molar-refractivity contribution is -0.113. The quantitative estimate of drug-likeness (QED) is 0.273. The molecule has 10 heteroatoms. The lowest BCUT2D eigenvalue weighted by atomic mass is 10.3. The predicted octanol–water partition coefficient (Wildman–Crippen LogP) is 4.39. The number of nitrogens with one attached hydrogen (secondary N) is 1. The molecule has 0 saturated carbocycles. The van der Waals surface area contributed by atoms with E-state index < -0.39 is 5.97 Å². The third-order valence-corrected chi connectivity index (χ3v) is 6.76. The highest BCUT2D eigenvalue weighted by Gasteiger charge is 2.19. The molecule has 0 aliphatic heterocycles. The smallest absolute Gasteiger partial charge is 0.341 e. The molecule has 0 spiro atoms. The van der Waals surface area contributed by atoms with Gasteiger partial charge in [0.1, 0.15) is 10.8 Å². The molecule has 1 N–H and O–H groups in total. The van der Waals surface area contributed by atoms with Crippen LogP contribution in [0, 0.1) is 6.92 Å². The van der Waals surface area contributed by atoms with Gasteiger partial charge in [-0.25, -0.2) is 4.79 Å². The number of rotatable bonds is 10. The van der Waals surface area contributed by atoms with Gasteiger partial charge in [-0.15, -0.1) is 39.4 Å². The maximum Gasteiger partial charge on any atom is 0.341 e. The molecule has 158 valence electrons. The van der Waals surface area contributed by atoms with Crippen molar-refractivity contribution in [3.05, 3.63) is 57.4 Å². The van der Waals surface area contributed by atoms with E-state index in [0.29, 0.717) is 28.7 Å². The number of hydrogen-bond acceptors (Lipinski definition) is 8. The molecule has 0 atom stereocenters. The summed E-state index contributed by atoms with van der Waals surface area (Å²) in [7, 11) is 0. The fraction of sp³-hybridized carbons (Fsp3) is 0.300. The molecule has 0 aliphatic rings. The Balaban J connectivity index is 1.66. The molecule has 0 saturated heterocycles. The van der Waals surface area contributed by atoms with Gasteiger partial charge in [-0.3, -0.25) is 4.79 Å². The summed E-state index contributed by atoms with van der Waals surface area (Å²) < 4.78 is 7.02. The van der Waals surface area contributed by atoms with E-state index in [1.54, 1.807) is 30.4 Å². The number of ether oxygens (including phenoxy) is 1. The Hall–Kier alpha value is -2.43. The molecule has 0 unspecified atom stereocenters. The predicted molar refractivity (Wildman–Crippen MR) is 122 cm³/mol. The van der Waals surface area contributed by atoms with E-state index in [-0.39, 0.29) is 18.3 Å². The van der Waals surface area contributed by atoms with Crippen molar-refractivity contribution in [1.29, 1.82) is 0 Å². The molecule has 3 aromatic rings. The summed E-state index contributed by atoms with van der Waals surface area (Å²) in [5.41, 5.74) is 0.380. The Morgan fingerprint density at radius 3 is 2.93 bits per heavy atom. The zero-order valence-electron chi connectivity index (χ0n) is 16.7. The van der Waals surface area contributed by atoms with E-state index in [9.17, 15) is 9.59 Å². The minimum absolute atomic E-state index is 0.146. The number of carbonyl (C=O) groups is 2. The average Bonchev–Trinajstić information content (AvgIpc) is 3.43. The Kier molecular flexibility index (Phi) is 7.83. The minimum Gasteiger partial charge on any atom is -0.462 e. The highest BCUT2D eigenvalue weighted by Crippen LogP contribution is 2.29. The number of aromatic nitrogens is 3. The summed E-state index contributed by atoms with van der Waals surface area (Å²) >= 11 is 4.32. The van der Waals surface area contributed by atoms with E-state index in [0.717, 1.165) is 10.7 Å². The summed E-state index contributed by atoms with van der Waals surface area (Å²) in [5, 5.41) is 14.5. The molecule has 0 aliphatic carbocycles. The molecule has 7 nitrogen and oxygen atoms in total. The average molecular weight is 463 g/mol. The molecule has 0 radical (unpaired) electrons. The number of carbonyl (C=O) groups excluding carboxylic acids is 2. The van der Waals surface area contributed by atoms with Crippen LogP contribution >= 0.6 is 34.4 Å². The molecule has 1 amide bonds. The first-order valence-corrected chi connectivity index (χ1v) is 12.0. The first kappa shape index (κ1) is 22.3. The molecular formula is C20H22N4O3S3. The van der Waals surface area contributed by atoms with E-state index in [2.05, 4.69) is 28.2 Å². The highest BCUT2D eigenvalue weighted by molar-refractivity contribution is 7.99. The summed E-state index contributed by atoms with van der Waals surface area (Å²) in [6.45, 7) is 8.28. The van der Waals surface area contributed by atoms with Gasteiger partial charge in [-0.1, -0.05) is 23.9 Å². The van der Waals surface area contributed by atoms with Crippen LogP contribution in [0.4, 0.5) is 5.00 Å². The van der Waals surface area contributed by atoms with Crippen molar-refractivity contribution in [3.8, 4) is 0 Å². The van der Waals surface area contributed by atoms with Crippen molar-refractivity contribution in [2.24, 2.45) is 0 Å². The molecule has 3 rings (SSSR count). The number of allylic oxidation sites excluding steroid dienone is 1. The lowest BCUT2D eigenvalue weighted by Crippen LogP contribution is -2.16. The third kappa shape index (κ3) is 5.59. The number of anilines is 1. The summed E-state index contributed by atoms with van der Waals surface area (Å²) in [4.78, 5) is 26.7. The van der Waals surface area contributed by atoms with Crippen LogP contribution in [0.2, 0.25) is 0 Å². The molecular weight excluding hydrogens is 440 g/mol. The normalized spacial score (nSPS) is 10.7. The first-order valence-electron chi connectivity index (χ1n) is 9.27. The minimum atomic E-state index is -0.436. The number of amides is 1. The molecule has 3 aromatic heterocycles. The molecule has 0 fully saturated rings. The van der Waals surface area contributed by atoms with E-state index in [1.165, 1.54) is 28.0 Å². The van der Waals surface area contributed by atoms with Crippen molar-refractivity contribution < 1.29 is 14.3 Å². The largest absolute Gasteiger partial charge is 0.462 e. The van der Waals surface area contributed by atoms with Gasteiger partial charge in [-0.05, 0) is 31.4 Å². The Morgan fingerprint density at radius 1 is 1.40 bits per heavy atom. The van der Waals surface area contributed by atoms with Crippen LogP contribution in [-0.4, -0.2) is 39.0 Å². The number of aryl methyl sites for hydroxylation is 1. The SMILES string of the molecule is C=CCn1c(Cc2cccs2)nnc1SCC(=O)Nc1sc(C)cc1C(=O)OCC. The van der Waals surface area contributed by atoms with E-state index in [1.807, 2.05) is 22.9 Å². The Morgan fingerprint density at radius 2 is 2.23 bits per heavy atom. The second-order valence-corrected chi connectivity index (χ2v) is 9.44. The number of esters is 1. The van der Waals surface area contributed by atoms with Crippen molar-refractivity contribution in [1.82, 2.24) is 14.8 Å². The van der Waals surface area contributed by atoms with Crippen LogP contribution in [0.25, 0.3) is 0 Å². The third-order valence-electron chi connectivity index (χ3n) is 3.95. The van der Waals surface area contributed by atoms with Crippen molar-refractivity contribution >= 4 is 51.3 Å². The monoisotopic (exact) mass is 462 g/mol. The fourth-order valence-corrected chi connectivity index (χ4v) is 5.08. The van der Waals surface area contributed by atoms with Crippen LogP contribution in [0.3, 0.4) is 0 Å². The second kappa shape index (κ2) is 10.6. The zero-order valence-corrected chi connectivity index (χ0v) is 19.2. The van der Waals surface area contributed by atoms with Crippen LogP contribution in [0.5, 0.6) is 0 Å². The second-order valence-electron chi connectivity index (χ2n) is 6.21. The van der Waals surface area contributed by atoms with E-state index in [4.69, 9.17) is 4.74 Å². The number of thiophene rings is 2. The summed E-state index contributed by atoms with van der Waals surface area (Å²) in [6, 6.07) is 5.79. The highest BCUT2D eigenvalue weighted by atomic mass is 32.2. The Labute approximate surface area is 187 Å². The topological polar surface area (TPSA) is 86.1 Å². The van der Waals surface area contributed by atoms with Gasteiger partial charge in [0, 0.05) is 22.7 Å². The number of hydrogen-bond donors (Lipinski definition) is 1. The van der Waals surface area contributed by atoms with Crippen LogP contribution in [-0.2, 0) is 22.5 Å². The first-order chi connectivity index (χ1) is 14.5. The van der Waals surface area contributed by atoms with Crippen LogP contribution in [0.1, 0.15) is 32.9 Å². The van der Waals surface area contributed by atoms with Gasteiger partial charge < -0.3 is 14.6 Å². The van der Waals surface area contributed by atoms with Crippen LogP contribution < -0.4 is 5.32 Å². The summed E-state index contributed by atoms with van der Waals surface area (Å²) in [5.74, 6) is 0.320. The van der Waals surface area contributed by atoms with Gasteiger partial charge in [-0.2, -0.15) is 0 Å². The van der Waals surface area contributed by atoms with E-state index >= 15 is 0 Å². The number of nitrogens with zero attached hydrogens (tertiary/aromatic N) is 3. The van der Waals surface area contributed by atoms with Gasteiger partial charge in [0.25, 0.3) is 0 Å². The Bertz CT molecular complexity index is 1020. The van der Waals surface area contributed by atoms with Gasteiger partial charge in [0.2, 0.25) is 5.91 Å². The lowest BCUT2D eigenvalue weighted by Gasteiger charge is -2.08. The standard InChI is InChI=1S/C20H22N4O3S3/c1-4-8-24-16(11-14-7-6-9-28-14)22-23-20(24)29-12-17(25)21-18-15(10-13(3)30-18)19(26)27-5-2/h4,6-7,9-10H,1,5,8,11-12H2,2-3H3,(H,21,25).